The molecule has 0 bridgehead atoms. The number of aromatic carboxylic acids is 1. The summed E-state index contributed by atoms with van der Waals surface area (Å²) < 4.78 is 21.1. The summed E-state index contributed by atoms with van der Waals surface area (Å²) >= 11 is 0. The van der Waals surface area contributed by atoms with Crippen LogP contribution in [0.1, 0.15) is 15.9 Å². The SMILES string of the molecule is COc1cccc(Cn2c(F)c(C(=O)O)c(=O)c3ccccc32)c1. The van der Waals surface area contributed by atoms with E-state index in [1.165, 1.54) is 17.7 Å². The number of benzene rings is 2. The highest BCUT2D eigenvalue weighted by Crippen LogP contribution is 2.19. The van der Waals surface area contributed by atoms with Gasteiger partial charge >= 0.3 is 5.97 Å². The monoisotopic (exact) mass is 327 g/mol. The molecule has 0 spiro atoms. The zero-order valence-corrected chi connectivity index (χ0v) is 12.8. The van der Waals surface area contributed by atoms with Gasteiger partial charge in [0.2, 0.25) is 11.4 Å². The van der Waals surface area contributed by atoms with E-state index in [0.29, 0.717) is 11.3 Å². The number of carboxylic acids is 1. The molecule has 0 saturated heterocycles. The predicted molar refractivity (Wildman–Crippen MR) is 87.2 cm³/mol. The van der Waals surface area contributed by atoms with Gasteiger partial charge in [-0.25, -0.2) is 4.79 Å². The van der Waals surface area contributed by atoms with Gasteiger partial charge in [0.15, 0.2) is 5.56 Å². The minimum atomic E-state index is -1.58. The molecule has 1 heterocycles. The normalized spacial score (nSPS) is 10.8. The molecule has 6 heteroatoms. The standard InChI is InChI=1S/C18H14FNO4/c1-24-12-6-4-5-11(9-12)10-20-14-8-3-2-7-13(14)16(21)15(17(20)19)18(22)23/h2-9H,10H2,1H3,(H,22,23). The van der Waals surface area contributed by atoms with Crippen molar-refractivity contribution in [2.45, 2.75) is 6.54 Å². The van der Waals surface area contributed by atoms with Crippen LogP contribution in [-0.4, -0.2) is 22.8 Å². The number of carbonyl (C=O) groups is 1. The van der Waals surface area contributed by atoms with E-state index < -0.39 is 22.9 Å². The Labute approximate surface area is 136 Å². The van der Waals surface area contributed by atoms with Crippen LogP contribution in [0.15, 0.2) is 53.3 Å². The van der Waals surface area contributed by atoms with Gasteiger partial charge in [-0.05, 0) is 29.8 Å². The van der Waals surface area contributed by atoms with Crippen LogP contribution in [-0.2, 0) is 6.54 Å². The summed E-state index contributed by atoms with van der Waals surface area (Å²) in [6.07, 6.45) is 0. The molecule has 0 aliphatic heterocycles. The predicted octanol–water partition coefficient (Wildman–Crippen LogP) is 2.90. The molecule has 0 atom stereocenters. The lowest BCUT2D eigenvalue weighted by atomic mass is 10.1. The molecule has 0 amide bonds. The summed E-state index contributed by atoms with van der Waals surface area (Å²) in [6.45, 7) is 0.0735. The Balaban J connectivity index is 2.26. The van der Waals surface area contributed by atoms with Crippen LogP contribution in [0.2, 0.25) is 0 Å². The average molecular weight is 327 g/mol. The van der Waals surface area contributed by atoms with Gasteiger partial charge in [0.05, 0.1) is 19.2 Å². The number of carboxylic acid groups (broad SMARTS) is 1. The molecule has 0 aliphatic rings. The number of para-hydroxylation sites is 1. The van der Waals surface area contributed by atoms with Crippen LogP contribution in [0, 0.1) is 5.95 Å². The van der Waals surface area contributed by atoms with Crippen molar-refractivity contribution in [2.24, 2.45) is 0 Å². The number of nitrogens with zero attached hydrogens (tertiary/aromatic N) is 1. The highest BCUT2D eigenvalue weighted by atomic mass is 19.1. The van der Waals surface area contributed by atoms with E-state index in [1.807, 2.05) is 0 Å². The summed E-state index contributed by atoms with van der Waals surface area (Å²) in [7, 11) is 1.52. The first-order valence-corrected chi connectivity index (χ1v) is 7.20. The Kier molecular flexibility index (Phi) is 4.04. The molecule has 1 aromatic heterocycles. The van der Waals surface area contributed by atoms with Crippen molar-refractivity contribution in [3.8, 4) is 5.75 Å². The fourth-order valence-electron chi connectivity index (χ4n) is 2.66. The largest absolute Gasteiger partial charge is 0.497 e. The summed E-state index contributed by atoms with van der Waals surface area (Å²) in [5, 5.41) is 9.37. The second-order valence-electron chi connectivity index (χ2n) is 5.25. The number of hydrogen-bond acceptors (Lipinski definition) is 3. The third-order valence-corrected chi connectivity index (χ3v) is 3.80. The molecule has 1 N–H and O–H groups in total. The van der Waals surface area contributed by atoms with Gasteiger partial charge in [0.1, 0.15) is 5.75 Å². The average Bonchev–Trinajstić information content (AvgIpc) is 2.58. The number of halogens is 1. The van der Waals surface area contributed by atoms with E-state index in [2.05, 4.69) is 0 Å². The Morgan fingerprint density at radius 1 is 1.21 bits per heavy atom. The maximum absolute atomic E-state index is 14.7. The molecule has 0 fully saturated rings. The van der Waals surface area contributed by atoms with Crippen molar-refractivity contribution in [3.05, 3.63) is 75.8 Å². The van der Waals surface area contributed by atoms with E-state index >= 15 is 0 Å². The topological polar surface area (TPSA) is 68.5 Å². The van der Waals surface area contributed by atoms with Crippen molar-refractivity contribution in [3.63, 3.8) is 0 Å². The molecule has 24 heavy (non-hydrogen) atoms. The van der Waals surface area contributed by atoms with E-state index in [1.54, 1.807) is 42.5 Å². The molecular formula is C18H14FNO4. The summed E-state index contributed by atoms with van der Waals surface area (Å²) in [5.41, 5.74) is -0.611. The molecule has 0 saturated carbocycles. The second kappa shape index (κ2) is 6.16. The van der Waals surface area contributed by atoms with Crippen molar-refractivity contribution < 1.29 is 19.0 Å². The minimum absolute atomic E-state index is 0.0735. The van der Waals surface area contributed by atoms with Crippen molar-refractivity contribution in [2.75, 3.05) is 7.11 Å². The first-order valence-electron chi connectivity index (χ1n) is 7.20. The minimum Gasteiger partial charge on any atom is -0.497 e. The van der Waals surface area contributed by atoms with Crippen LogP contribution in [0.3, 0.4) is 0 Å². The molecule has 5 nitrogen and oxygen atoms in total. The Morgan fingerprint density at radius 2 is 1.96 bits per heavy atom. The Hall–Kier alpha value is -3.15. The lowest BCUT2D eigenvalue weighted by molar-refractivity contribution is 0.0688. The van der Waals surface area contributed by atoms with Gasteiger partial charge in [-0.2, -0.15) is 4.39 Å². The van der Waals surface area contributed by atoms with Crippen LogP contribution >= 0.6 is 0 Å². The Morgan fingerprint density at radius 3 is 2.67 bits per heavy atom. The zero-order chi connectivity index (χ0) is 17.3. The summed E-state index contributed by atoms with van der Waals surface area (Å²) in [5.74, 6) is -2.03. The van der Waals surface area contributed by atoms with Crippen LogP contribution < -0.4 is 10.2 Å². The van der Waals surface area contributed by atoms with Crippen molar-refractivity contribution >= 4 is 16.9 Å². The van der Waals surface area contributed by atoms with Gasteiger partial charge in [0, 0.05) is 5.39 Å². The molecule has 2 aromatic carbocycles. The quantitative estimate of drug-likeness (QED) is 0.748. The molecule has 0 unspecified atom stereocenters. The number of hydrogen-bond donors (Lipinski definition) is 1. The molecular weight excluding hydrogens is 313 g/mol. The highest BCUT2D eigenvalue weighted by molar-refractivity contribution is 5.92. The van der Waals surface area contributed by atoms with Gasteiger partial charge in [-0.1, -0.05) is 24.3 Å². The number of fused-ring (bicyclic) bond motifs is 1. The number of methoxy groups -OCH3 is 1. The maximum Gasteiger partial charge on any atom is 0.344 e. The molecule has 3 rings (SSSR count). The van der Waals surface area contributed by atoms with E-state index in [0.717, 1.165) is 5.56 Å². The van der Waals surface area contributed by atoms with E-state index in [-0.39, 0.29) is 11.9 Å². The van der Waals surface area contributed by atoms with Crippen molar-refractivity contribution in [1.82, 2.24) is 4.57 Å². The maximum atomic E-state index is 14.7. The first-order chi connectivity index (χ1) is 11.5. The third kappa shape index (κ3) is 2.62. The van der Waals surface area contributed by atoms with Crippen LogP contribution in [0.4, 0.5) is 4.39 Å². The van der Waals surface area contributed by atoms with Gasteiger partial charge in [-0.3, -0.25) is 4.79 Å². The molecule has 0 aliphatic carbocycles. The van der Waals surface area contributed by atoms with Gasteiger partial charge in [0.25, 0.3) is 0 Å². The summed E-state index contributed by atoms with van der Waals surface area (Å²) in [4.78, 5) is 23.6. The lowest BCUT2D eigenvalue weighted by Gasteiger charge is -2.14. The van der Waals surface area contributed by atoms with E-state index in [4.69, 9.17) is 4.74 Å². The number of ether oxygens (including phenoxy) is 1. The number of rotatable bonds is 4. The second-order valence-corrected chi connectivity index (χ2v) is 5.25. The van der Waals surface area contributed by atoms with Crippen molar-refractivity contribution in [1.29, 1.82) is 0 Å². The number of aromatic nitrogens is 1. The Bertz CT molecular complexity index is 994. The third-order valence-electron chi connectivity index (χ3n) is 3.80. The molecule has 122 valence electrons. The van der Waals surface area contributed by atoms with Crippen LogP contribution in [0.5, 0.6) is 5.75 Å². The van der Waals surface area contributed by atoms with Gasteiger partial charge < -0.3 is 14.4 Å². The molecule has 3 aromatic rings. The first kappa shape index (κ1) is 15.7. The van der Waals surface area contributed by atoms with Gasteiger partial charge in [-0.15, -0.1) is 0 Å². The fraction of sp³-hybridized carbons (Fsp3) is 0.111. The highest BCUT2D eigenvalue weighted by Gasteiger charge is 2.22. The smallest absolute Gasteiger partial charge is 0.344 e. The summed E-state index contributed by atoms with van der Waals surface area (Å²) in [6, 6.07) is 13.4. The molecule has 0 radical (unpaired) electrons. The lowest BCUT2D eigenvalue weighted by Crippen LogP contribution is -2.23. The number of pyridine rings is 1. The fourth-order valence-corrected chi connectivity index (χ4v) is 2.66. The zero-order valence-electron chi connectivity index (χ0n) is 12.8. The van der Waals surface area contributed by atoms with E-state index in [9.17, 15) is 19.1 Å². The van der Waals surface area contributed by atoms with Crippen LogP contribution in [0.25, 0.3) is 10.9 Å².